The lowest BCUT2D eigenvalue weighted by Gasteiger charge is -2.38. The molecule has 0 aliphatic carbocycles. The Morgan fingerprint density at radius 3 is 2.31 bits per heavy atom. The van der Waals surface area contributed by atoms with Gasteiger partial charge in [0.15, 0.2) is 5.96 Å². The van der Waals surface area contributed by atoms with Gasteiger partial charge < -0.3 is 24.8 Å². The molecule has 4 rings (SSSR count). The van der Waals surface area contributed by atoms with Crippen molar-refractivity contribution >= 4 is 41.5 Å². The fourth-order valence-corrected chi connectivity index (χ4v) is 4.28. The normalized spacial score (nSPS) is 16.2. The average molecular weight is 549 g/mol. The Hall–Kier alpha value is -2.49. The number of amides is 1. The number of nitrogens with one attached hydrogen (secondary N) is 1. The van der Waals surface area contributed by atoms with Gasteiger partial charge in [0.25, 0.3) is 0 Å². The van der Waals surface area contributed by atoms with Crippen LogP contribution in [-0.2, 0) is 17.8 Å². The van der Waals surface area contributed by atoms with Crippen LogP contribution in [0.2, 0.25) is 0 Å². The van der Waals surface area contributed by atoms with Crippen LogP contribution in [0, 0.1) is 0 Å². The molecule has 32 heavy (non-hydrogen) atoms. The summed E-state index contributed by atoms with van der Waals surface area (Å²) in [5.41, 5.74) is 3.80. The summed E-state index contributed by atoms with van der Waals surface area (Å²) in [5.74, 6) is 1.78. The Bertz CT molecular complexity index is 926. The van der Waals surface area contributed by atoms with Crippen LogP contribution in [0.25, 0.3) is 0 Å². The fourth-order valence-electron chi connectivity index (χ4n) is 4.28. The highest BCUT2D eigenvalue weighted by molar-refractivity contribution is 14.0. The SMILES string of the molecule is CN=C(NCC(=O)N1CCc2ccccc2C1)N1CCN(c2ccc(OC)cc2)CC1.I. The number of ether oxygens (including phenoxy) is 1. The van der Waals surface area contributed by atoms with E-state index in [0.29, 0.717) is 6.54 Å². The second kappa shape index (κ2) is 11.4. The van der Waals surface area contributed by atoms with E-state index in [1.54, 1.807) is 14.2 Å². The third-order valence-electron chi connectivity index (χ3n) is 6.11. The van der Waals surface area contributed by atoms with Crippen molar-refractivity contribution in [3.63, 3.8) is 0 Å². The highest BCUT2D eigenvalue weighted by atomic mass is 127. The number of methoxy groups -OCH3 is 1. The number of benzene rings is 2. The number of piperazine rings is 1. The predicted octanol–water partition coefficient (Wildman–Crippen LogP) is 2.60. The van der Waals surface area contributed by atoms with Crippen molar-refractivity contribution in [2.75, 3.05) is 58.3 Å². The first-order valence-corrected chi connectivity index (χ1v) is 10.9. The minimum atomic E-state index is 0. The van der Waals surface area contributed by atoms with E-state index in [-0.39, 0.29) is 36.4 Å². The quantitative estimate of drug-likeness (QED) is 0.361. The molecule has 0 atom stereocenters. The van der Waals surface area contributed by atoms with E-state index in [0.717, 1.165) is 50.9 Å². The van der Waals surface area contributed by atoms with E-state index in [1.165, 1.54) is 16.8 Å². The Kier molecular flexibility index (Phi) is 8.60. The molecule has 0 saturated carbocycles. The van der Waals surface area contributed by atoms with E-state index >= 15 is 0 Å². The fraction of sp³-hybridized carbons (Fsp3) is 0.417. The topological polar surface area (TPSA) is 60.4 Å². The Morgan fingerprint density at radius 1 is 0.969 bits per heavy atom. The number of hydrogen-bond donors (Lipinski definition) is 1. The summed E-state index contributed by atoms with van der Waals surface area (Å²) in [6.45, 7) is 5.27. The highest BCUT2D eigenvalue weighted by Crippen LogP contribution is 2.21. The molecule has 0 bridgehead atoms. The maximum Gasteiger partial charge on any atom is 0.242 e. The van der Waals surface area contributed by atoms with Crippen molar-refractivity contribution < 1.29 is 9.53 Å². The van der Waals surface area contributed by atoms with Gasteiger partial charge in [-0.3, -0.25) is 9.79 Å². The van der Waals surface area contributed by atoms with Gasteiger partial charge in [0.2, 0.25) is 5.91 Å². The minimum absolute atomic E-state index is 0. The molecule has 0 radical (unpaired) electrons. The Balaban J connectivity index is 0.00000289. The minimum Gasteiger partial charge on any atom is -0.497 e. The number of halogens is 1. The summed E-state index contributed by atoms with van der Waals surface area (Å²) in [6.07, 6.45) is 0.921. The molecular formula is C24H32IN5O2. The third-order valence-corrected chi connectivity index (χ3v) is 6.11. The molecule has 8 heteroatoms. The molecule has 172 valence electrons. The summed E-state index contributed by atoms with van der Waals surface area (Å²) in [6, 6.07) is 16.6. The van der Waals surface area contributed by atoms with Gasteiger partial charge in [-0.15, -0.1) is 24.0 Å². The number of hydrogen-bond acceptors (Lipinski definition) is 4. The first-order chi connectivity index (χ1) is 15.2. The van der Waals surface area contributed by atoms with Crippen LogP contribution in [0.1, 0.15) is 11.1 Å². The molecule has 0 aromatic heterocycles. The number of carbonyl (C=O) groups is 1. The van der Waals surface area contributed by atoms with Crippen LogP contribution >= 0.6 is 24.0 Å². The molecule has 1 fully saturated rings. The molecule has 2 aliphatic heterocycles. The van der Waals surface area contributed by atoms with E-state index < -0.39 is 0 Å². The van der Waals surface area contributed by atoms with Gasteiger partial charge in [-0.1, -0.05) is 24.3 Å². The molecule has 2 aliphatic rings. The van der Waals surface area contributed by atoms with Crippen LogP contribution in [-0.4, -0.2) is 75.1 Å². The van der Waals surface area contributed by atoms with Crippen molar-refractivity contribution in [3.05, 3.63) is 59.7 Å². The zero-order valence-electron chi connectivity index (χ0n) is 18.8. The number of nitrogens with zero attached hydrogens (tertiary/aromatic N) is 4. The second-order valence-electron chi connectivity index (χ2n) is 7.91. The molecule has 0 spiro atoms. The number of rotatable bonds is 4. The van der Waals surface area contributed by atoms with Crippen molar-refractivity contribution in [2.24, 2.45) is 4.99 Å². The smallest absolute Gasteiger partial charge is 0.242 e. The van der Waals surface area contributed by atoms with Crippen LogP contribution in [0.5, 0.6) is 5.75 Å². The number of guanidine groups is 1. The molecule has 7 nitrogen and oxygen atoms in total. The Morgan fingerprint density at radius 2 is 1.66 bits per heavy atom. The predicted molar refractivity (Wildman–Crippen MR) is 139 cm³/mol. The average Bonchev–Trinajstić information content (AvgIpc) is 2.84. The van der Waals surface area contributed by atoms with E-state index in [2.05, 4.69) is 50.4 Å². The largest absolute Gasteiger partial charge is 0.497 e. The number of anilines is 1. The summed E-state index contributed by atoms with van der Waals surface area (Å²) >= 11 is 0. The van der Waals surface area contributed by atoms with Crippen molar-refractivity contribution in [1.29, 1.82) is 0 Å². The van der Waals surface area contributed by atoms with Gasteiger partial charge in [-0.25, -0.2) is 0 Å². The number of fused-ring (bicyclic) bond motifs is 1. The van der Waals surface area contributed by atoms with Crippen LogP contribution in [0.4, 0.5) is 5.69 Å². The van der Waals surface area contributed by atoms with Gasteiger partial charge in [0, 0.05) is 52.0 Å². The molecule has 1 amide bonds. The lowest BCUT2D eigenvalue weighted by atomic mass is 10.00. The van der Waals surface area contributed by atoms with Crippen molar-refractivity contribution in [1.82, 2.24) is 15.1 Å². The lowest BCUT2D eigenvalue weighted by Crippen LogP contribution is -2.54. The zero-order valence-corrected chi connectivity index (χ0v) is 21.1. The standard InChI is InChI=1S/C24H31N5O2.HI/c1-25-24(26-17-23(30)29-12-11-19-5-3-4-6-20(19)18-29)28-15-13-27(14-16-28)21-7-9-22(31-2)10-8-21;/h3-10H,11-18H2,1-2H3,(H,25,26);1H. The monoisotopic (exact) mass is 549 g/mol. The zero-order chi connectivity index (χ0) is 21.6. The molecule has 2 aromatic rings. The summed E-state index contributed by atoms with van der Waals surface area (Å²) in [4.78, 5) is 23.7. The summed E-state index contributed by atoms with van der Waals surface area (Å²) in [5, 5.41) is 3.28. The van der Waals surface area contributed by atoms with Crippen LogP contribution < -0.4 is 15.0 Å². The highest BCUT2D eigenvalue weighted by Gasteiger charge is 2.23. The van der Waals surface area contributed by atoms with Gasteiger partial charge in [-0.05, 0) is 41.8 Å². The maximum atomic E-state index is 12.8. The molecule has 0 unspecified atom stereocenters. The molecule has 2 heterocycles. The molecule has 1 saturated heterocycles. The van der Waals surface area contributed by atoms with Crippen LogP contribution in [0.3, 0.4) is 0 Å². The molecule has 1 N–H and O–H groups in total. The van der Waals surface area contributed by atoms with Crippen molar-refractivity contribution in [3.8, 4) is 5.75 Å². The van der Waals surface area contributed by atoms with E-state index in [9.17, 15) is 4.79 Å². The van der Waals surface area contributed by atoms with Gasteiger partial charge in [0.1, 0.15) is 5.75 Å². The first-order valence-electron chi connectivity index (χ1n) is 10.9. The third kappa shape index (κ3) is 5.65. The first kappa shape index (κ1) is 24.2. The molecule has 2 aromatic carbocycles. The molecular weight excluding hydrogens is 517 g/mol. The Labute approximate surface area is 207 Å². The van der Waals surface area contributed by atoms with E-state index in [4.69, 9.17) is 4.74 Å². The number of carbonyl (C=O) groups excluding carboxylic acids is 1. The van der Waals surface area contributed by atoms with Gasteiger partial charge in [0.05, 0.1) is 13.7 Å². The van der Waals surface area contributed by atoms with Crippen LogP contribution in [0.15, 0.2) is 53.5 Å². The number of aliphatic imine (C=N–C) groups is 1. The van der Waals surface area contributed by atoms with Crippen molar-refractivity contribution in [2.45, 2.75) is 13.0 Å². The van der Waals surface area contributed by atoms with E-state index in [1.807, 2.05) is 23.1 Å². The summed E-state index contributed by atoms with van der Waals surface area (Å²) < 4.78 is 5.25. The lowest BCUT2D eigenvalue weighted by molar-refractivity contribution is -0.130. The van der Waals surface area contributed by atoms with Gasteiger partial charge >= 0.3 is 0 Å². The maximum absolute atomic E-state index is 12.8. The van der Waals surface area contributed by atoms with Gasteiger partial charge in [-0.2, -0.15) is 0 Å². The summed E-state index contributed by atoms with van der Waals surface area (Å²) in [7, 11) is 3.46. The second-order valence-corrected chi connectivity index (χ2v) is 7.91.